The molecular weight excluding hydrogens is 146 g/mol. The Bertz CT molecular complexity index is 131. The molecule has 0 unspecified atom stereocenters. The SMILES string of the molecule is CN(C)C1C2CCCC1CCC2. The van der Waals surface area contributed by atoms with Crippen molar-refractivity contribution in [2.45, 2.75) is 44.6 Å². The van der Waals surface area contributed by atoms with Gasteiger partial charge < -0.3 is 4.90 Å². The lowest BCUT2D eigenvalue weighted by Crippen LogP contribution is -2.46. The van der Waals surface area contributed by atoms with Gasteiger partial charge in [0.25, 0.3) is 0 Å². The van der Waals surface area contributed by atoms with Gasteiger partial charge in [0.2, 0.25) is 0 Å². The molecule has 2 aliphatic rings. The molecule has 70 valence electrons. The molecule has 2 rings (SSSR count). The van der Waals surface area contributed by atoms with Gasteiger partial charge in [-0.3, -0.25) is 0 Å². The predicted octanol–water partition coefficient (Wildman–Crippen LogP) is 2.52. The van der Waals surface area contributed by atoms with Crippen LogP contribution in [0.4, 0.5) is 0 Å². The van der Waals surface area contributed by atoms with E-state index in [0.29, 0.717) is 0 Å². The van der Waals surface area contributed by atoms with Crippen molar-refractivity contribution in [3.05, 3.63) is 0 Å². The first-order valence-corrected chi connectivity index (χ1v) is 5.45. The van der Waals surface area contributed by atoms with Gasteiger partial charge in [-0.05, 0) is 51.6 Å². The predicted molar refractivity (Wildman–Crippen MR) is 52.2 cm³/mol. The van der Waals surface area contributed by atoms with Crippen molar-refractivity contribution in [3.63, 3.8) is 0 Å². The second-order valence-corrected chi connectivity index (χ2v) is 4.84. The topological polar surface area (TPSA) is 3.24 Å². The van der Waals surface area contributed by atoms with Crippen molar-refractivity contribution in [2.75, 3.05) is 14.1 Å². The van der Waals surface area contributed by atoms with Gasteiger partial charge in [-0.15, -0.1) is 0 Å². The van der Waals surface area contributed by atoms with Crippen LogP contribution in [0.15, 0.2) is 0 Å². The smallest absolute Gasteiger partial charge is 0.0146 e. The molecular formula is C11H21N. The fourth-order valence-corrected chi connectivity index (χ4v) is 3.48. The molecule has 12 heavy (non-hydrogen) atoms. The van der Waals surface area contributed by atoms with Gasteiger partial charge in [-0.2, -0.15) is 0 Å². The van der Waals surface area contributed by atoms with Crippen LogP contribution in [-0.2, 0) is 0 Å². The number of hydrogen-bond acceptors (Lipinski definition) is 1. The molecule has 2 fully saturated rings. The van der Waals surface area contributed by atoms with Crippen molar-refractivity contribution in [2.24, 2.45) is 11.8 Å². The lowest BCUT2D eigenvalue weighted by Gasteiger charge is -2.46. The van der Waals surface area contributed by atoms with E-state index in [1.54, 1.807) is 0 Å². The third-order valence-electron chi connectivity index (χ3n) is 3.86. The summed E-state index contributed by atoms with van der Waals surface area (Å²) in [6, 6.07) is 0.924. The molecule has 1 heteroatoms. The summed E-state index contributed by atoms with van der Waals surface area (Å²) in [5.74, 6) is 2.07. The Kier molecular flexibility index (Phi) is 2.40. The van der Waals surface area contributed by atoms with Crippen LogP contribution in [-0.4, -0.2) is 25.0 Å². The van der Waals surface area contributed by atoms with Crippen LogP contribution < -0.4 is 0 Å². The Morgan fingerprint density at radius 3 is 1.50 bits per heavy atom. The van der Waals surface area contributed by atoms with E-state index in [4.69, 9.17) is 0 Å². The molecule has 0 aromatic rings. The Morgan fingerprint density at radius 2 is 1.25 bits per heavy atom. The van der Waals surface area contributed by atoms with Crippen LogP contribution in [0.25, 0.3) is 0 Å². The molecule has 0 saturated heterocycles. The van der Waals surface area contributed by atoms with Gasteiger partial charge in [-0.25, -0.2) is 0 Å². The summed E-state index contributed by atoms with van der Waals surface area (Å²) in [7, 11) is 4.53. The van der Waals surface area contributed by atoms with Crippen molar-refractivity contribution in [1.29, 1.82) is 0 Å². The zero-order valence-electron chi connectivity index (χ0n) is 8.42. The molecule has 0 aliphatic heterocycles. The number of fused-ring (bicyclic) bond motifs is 2. The lowest BCUT2D eigenvalue weighted by atomic mass is 9.68. The normalized spacial score (nSPS) is 41.8. The Morgan fingerprint density at radius 1 is 0.833 bits per heavy atom. The van der Waals surface area contributed by atoms with Crippen molar-refractivity contribution < 1.29 is 0 Å². The quantitative estimate of drug-likeness (QED) is 0.580. The summed E-state index contributed by atoms with van der Waals surface area (Å²) in [5.41, 5.74) is 0. The van der Waals surface area contributed by atoms with E-state index in [2.05, 4.69) is 19.0 Å². The van der Waals surface area contributed by atoms with Crippen LogP contribution in [0, 0.1) is 11.8 Å². The average Bonchev–Trinajstić information content (AvgIpc) is 2.02. The molecule has 2 saturated carbocycles. The highest BCUT2D eigenvalue weighted by molar-refractivity contribution is 4.90. The zero-order chi connectivity index (χ0) is 8.55. The highest BCUT2D eigenvalue weighted by atomic mass is 15.1. The molecule has 2 aliphatic carbocycles. The Labute approximate surface area is 76.1 Å². The first kappa shape index (κ1) is 8.55. The summed E-state index contributed by atoms with van der Waals surface area (Å²) >= 11 is 0. The van der Waals surface area contributed by atoms with Crippen LogP contribution in [0.2, 0.25) is 0 Å². The van der Waals surface area contributed by atoms with E-state index in [9.17, 15) is 0 Å². The fraction of sp³-hybridized carbons (Fsp3) is 1.00. The first-order chi connectivity index (χ1) is 5.79. The highest BCUT2D eigenvalue weighted by Gasteiger charge is 2.36. The van der Waals surface area contributed by atoms with E-state index in [1.165, 1.54) is 38.5 Å². The second kappa shape index (κ2) is 3.37. The van der Waals surface area contributed by atoms with Crippen molar-refractivity contribution in [3.8, 4) is 0 Å². The lowest BCUT2D eigenvalue weighted by molar-refractivity contribution is 0.0526. The minimum atomic E-state index is 0.924. The van der Waals surface area contributed by atoms with Gasteiger partial charge in [0.15, 0.2) is 0 Å². The molecule has 0 radical (unpaired) electrons. The van der Waals surface area contributed by atoms with Gasteiger partial charge in [0.05, 0.1) is 0 Å². The molecule has 0 aromatic heterocycles. The monoisotopic (exact) mass is 167 g/mol. The van der Waals surface area contributed by atoms with Crippen molar-refractivity contribution in [1.82, 2.24) is 4.90 Å². The fourth-order valence-electron chi connectivity index (χ4n) is 3.48. The van der Waals surface area contributed by atoms with Crippen LogP contribution in [0.1, 0.15) is 38.5 Å². The second-order valence-electron chi connectivity index (χ2n) is 4.84. The van der Waals surface area contributed by atoms with Gasteiger partial charge in [-0.1, -0.05) is 12.8 Å². The summed E-state index contributed by atoms with van der Waals surface area (Å²) < 4.78 is 0. The molecule has 0 spiro atoms. The highest BCUT2D eigenvalue weighted by Crippen LogP contribution is 2.41. The standard InChI is InChI=1S/C11H21N/c1-12(2)11-9-5-3-6-10(11)8-4-7-9/h9-11H,3-8H2,1-2H3. The maximum absolute atomic E-state index is 2.48. The largest absolute Gasteiger partial charge is 0.306 e. The van der Waals surface area contributed by atoms with Crippen molar-refractivity contribution >= 4 is 0 Å². The zero-order valence-corrected chi connectivity index (χ0v) is 8.42. The van der Waals surface area contributed by atoms with E-state index in [1.807, 2.05) is 0 Å². The van der Waals surface area contributed by atoms with E-state index in [0.717, 1.165) is 17.9 Å². The van der Waals surface area contributed by atoms with Crippen LogP contribution in [0.3, 0.4) is 0 Å². The Hall–Kier alpha value is -0.0400. The van der Waals surface area contributed by atoms with E-state index < -0.39 is 0 Å². The first-order valence-electron chi connectivity index (χ1n) is 5.45. The number of nitrogens with zero attached hydrogens (tertiary/aromatic N) is 1. The molecule has 1 nitrogen and oxygen atoms in total. The number of rotatable bonds is 1. The summed E-state index contributed by atoms with van der Waals surface area (Å²) in [4.78, 5) is 2.48. The minimum absolute atomic E-state index is 0.924. The molecule has 2 bridgehead atoms. The summed E-state index contributed by atoms with van der Waals surface area (Å²) in [5, 5.41) is 0. The molecule has 0 amide bonds. The maximum atomic E-state index is 2.48. The molecule has 0 heterocycles. The van der Waals surface area contributed by atoms with Gasteiger partial charge in [0, 0.05) is 6.04 Å². The van der Waals surface area contributed by atoms with Gasteiger partial charge >= 0.3 is 0 Å². The maximum Gasteiger partial charge on any atom is 0.0146 e. The summed E-state index contributed by atoms with van der Waals surface area (Å²) in [6.07, 6.45) is 9.00. The van der Waals surface area contributed by atoms with E-state index >= 15 is 0 Å². The third kappa shape index (κ3) is 1.39. The Balaban J connectivity index is 2.08. The minimum Gasteiger partial charge on any atom is -0.306 e. The van der Waals surface area contributed by atoms with Crippen LogP contribution >= 0.6 is 0 Å². The average molecular weight is 167 g/mol. The third-order valence-corrected chi connectivity index (χ3v) is 3.86. The van der Waals surface area contributed by atoms with Gasteiger partial charge in [0.1, 0.15) is 0 Å². The molecule has 0 aromatic carbocycles. The number of hydrogen-bond donors (Lipinski definition) is 0. The van der Waals surface area contributed by atoms with Crippen LogP contribution in [0.5, 0.6) is 0 Å². The molecule has 0 atom stereocenters. The summed E-state index contributed by atoms with van der Waals surface area (Å²) in [6.45, 7) is 0. The molecule has 0 N–H and O–H groups in total. The van der Waals surface area contributed by atoms with E-state index in [-0.39, 0.29) is 0 Å².